The first-order valence-corrected chi connectivity index (χ1v) is 7.87. The maximum atomic E-state index is 11.7. The minimum Gasteiger partial charge on any atom is -0.376 e. The van der Waals surface area contributed by atoms with E-state index in [9.17, 15) is 4.79 Å². The van der Waals surface area contributed by atoms with E-state index in [2.05, 4.69) is 50.8 Å². The Morgan fingerprint density at radius 3 is 2.68 bits per heavy atom. The van der Waals surface area contributed by atoms with E-state index in [0.29, 0.717) is 0 Å². The predicted octanol–water partition coefficient (Wildman–Crippen LogP) is 3.57. The molecule has 0 aliphatic carbocycles. The Bertz CT molecular complexity index is 653. The number of hydrogen-bond donors (Lipinski definition) is 2. The number of anilines is 1. The summed E-state index contributed by atoms with van der Waals surface area (Å²) in [5.41, 5.74) is 5.61. The molecule has 0 aliphatic heterocycles. The van der Waals surface area contributed by atoms with Gasteiger partial charge in [0.2, 0.25) is 0 Å². The molecule has 0 radical (unpaired) electrons. The van der Waals surface area contributed by atoms with Crippen LogP contribution in [0.4, 0.5) is 5.69 Å². The summed E-state index contributed by atoms with van der Waals surface area (Å²) in [6.45, 7) is 2.28. The van der Waals surface area contributed by atoms with E-state index < -0.39 is 0 Å². The summed E-state index contributed by atoms with van der Waals surface area (Å²) in [4.78, 5) is 11.7. The second-order valence-electron chi connectivity index (χ2n) is 4.75. The van der Waals surface area contributed by atoms with Crippen LogP contribution in [0.3, 0.4) is 0 Å². The normalized spacial score (nSPS) is 10.6. The molecule has 114 valence electrons. The zero-order valence-corrected chi connectivity index (χ0v) is 13.9. The van der Waals surface area contributed by atoms with E-state index >= 15 is 0 Å². The van der Waals surface area contributed by atoms with Crippen LogP contribution < -0.4 is 10.7 Å². The van der Waals surface area contributed by atoms with Crippen LogP contribution in [0.2, 0.25) is 0 Å². The molecule has 1 amide bonds. The van der Waals surface area contributed by atoms with Crippen molar-refractivity contribution in [2.24, 2.45) is 5.10 Å². The summed E-state index contributed by atoms with van der Waals surface area (Å²) < 4.78 is 0.964. The molecule has 0 saturated heterocycles. The first-order chi connectivity index (χ1) is 10.7. The van der Waals surface area contributed by atoms with Gasteiger partial charge >= 0.3 is 0 Å². The van der Waals surface area contributed by atoms with Crippen LogP contribution in [0.1, 0.15) is 18.1 Å². The van der Waals surface area contributed by atoms with Crippen molar-refractivity contribution < 1.29 is 4.79 Å². The maximum Gasteiger partial charge on any atom is 0.259 e. The minimum absolute atomic E-state index is 0.169. The summed E-state index contributed by atoms with van der Waals surface area (Å²) in [5.74, 6) is -0.193. The van der Waals surface area contributed by atoms with Gasteiger partial charge in [0, 0.05) is 10.2 Å². The van der Waals surface area contributed by atoms with Gasteiger partial charge < -0.3 is 5.32 Å². The van der Waals surface area contributed by atoms with Crippen molar-refractivity contribution in [2.45, 2.75) is 13.3 Å². The second-order valence-corrected chi connectivity index (χ2v) is 5.67. The van der Waals surface area contributed by atoms with E-state index in [0.717, 1.165) is 22.1 Å². The third-order valence-corrected chi connectivity index (χ3v) is 3.56. The van der Waals surface area contributed by atoms with Crippen LogP contribution in [0, 0.1) is 0 Å². The average Bonchev–Trinajstić information content (AvgIpc) is 2.54. The lowest BCUT2D eigenvalue weighted by molar-refractivity contribution is -0.119. The highest BCUT2D eigenvalue weighted by Crippen LogP contribution is 2.15. The van der Waals surface area contributed by atoms with Crippen molar-refractivity contribution in [3.63, 3.8) is 0 Å². The Labute approximate surface area is 138 Å². The molecule has 4 nitrogen and oxygen atoms in total. The standard InChI is InChI=1S/C17H18BrN3O/c1-2-13-6-8-14(9-7-13)11-20-21-17(22)12-19-16-5-3-4-15(18)10-16/h3-11,19H,2,12H2,1H3,(H,21,22)/b20-11-. The molecule has 0 aliphatic rings. The molecule has 22 heavy (non-hydrogen) atoms. The molecular weight excluding hydrogens is 342 g/mol. The van der Waals surface area contributed by atoms with Gasteiger partial charge in [0.05, 0.1) is 12.8 Å². The SMILES string of the molecule is CCc1ccc(/C=N\NC(=O)CNc2cccc(Br)c2)cc1. The van der Waals surface area contributed by atoms with Crippen LogP contribution in [0.5, 0.6) is 0 Å². The molecule has 0 bridgehead atoms. The Kier molecular flexibility index (Phi) is 6.15. The first-order valence-electron chi connectivity index (χ1n) is 7.07. The molecule has 2 rings (SSSR count). The number of carbonyl (C=O) groups excluding carboxylic acids is 1. The quantitative estimate of drug-likeness (QED) is 0.611. The average molecular weight is 360 g/mol. The highest BCUT2D eigenvalue weighted by molar-refractivity contribution is 9.10. The molecule has 2 N–H and O–H groups in total. The summed E-state index contributed by atoms with van der Waals surface area (Å²) >= 11 is 3.38. The number of nitrogens with one attached hydrogen (secondary N) is 2. The number of halogens is 1. The molecule has 2 aromatic rings. The zero-order chi connectivity index (χ0) is 15.8. The van der Waals surface area contributed by atoms with Crippen molar-refractivity contribution in [1.29, 1.82) is 0 Å². The number of hydrogen-bond acceptors (Lipinski definition) is 3. The molecule has 2 aromatic carbocycles. The van der Waals surface area contributed by atoms with Crippen LogP contribution in [-0.2, 0) is 11.2 Å². The maximum absolute atomic E-state index is 11.7. The third kappa shape index (κ3) is 5.33. The van der Waals surface area contributed by atoms with Gasteiger partial charge in [0.25, 0.3) is 5.91 Å². The Morgan fingerprint density at radius 2 is 2.00 bits per heavy atom. The van der Waals surface area contributed by atoms with Crippen molar-refractivity contribution in [1.82, 2.24) is 5.43 Å². The first kappa shape index (κ1) is 16.2. The van der Waals surface area contributed by atoms with Gasteiger partial charge in [-0.25, -0.2) is 5.43 Å². The number of hydrazone groups is 1. The summed E-state index contributed by atoms with van der Waals surface area (Å²) in [6.07, 6.45) is 2.64. The van der Waals surface area contributed by atoms with Gasteiger partial charge in [-0.3, -0.25) is 4.79 Å². The molecular formula is C17H18BrN3O. The Hall–Kier alpha value is -2.14. The van der Waals surface area contributed by atoms with Crippen LogP contribution >= 0.6 is 15.9 Å². The molecule has 0 fully saturated rings. The van der Waals surface area contributed by atoms with Crippen molar-refractivity contribution >= 4 is 33.7 Å². The largest absolute Gasteiger partial charge is 0.376 e. The lowest BCUT2D eigenvalue weighted by Gasteiger charge is -2.05. The fourth-order valence-electron chi connectivity index (χ4n) is 1.84. The van der Waals surface area contributed by atoms with E-state index in [1.807, 2.05) is 36.4 Å². The fraction of sp³-hybridized carbons (Fsp3) is 0.176. The van der Waals surface area contributed by atoms with Crippen molar-refractivity contribution in [3.05, 3.63) is 64.1 Å². The Morgan fingerprint density at radius 1 is 1.23 bits per heavy atom. The van der Waals surface area contributed by atoms with Gasteiger partial charge in [-0.1, -0.05) is 53.2 Å². The number of aryl methyl sites for hydroxylation is 1. The second kappa shape index (κ2) is 8.34. The number of benzene rings is 2. The number of carbonyl (C=O) groups is 1. The van der Waals surface area contributed by atoms with E-state index in [-0.39, 0.29) is 12.5 Å². The highest BCUT2D eigenvalue weighted by Gasteiger charge is 1.99. The van der Waals surface area contributed by atoms with Gasteiger partial charge in [0.15, 0.2) is 0 Å². The summed E-state index contributed by atoms with van der Waals surface area (Å²) in [6, 6.07) is 15.7. The van der Waals surface area contributed by atoms with Gasteiger partial charge in [-0.2, -0.15) is 5.10 Å². The molecule has 5 heteroatoms. The van der Waals surface area contributed by atoms with Crippen molar-refractivity contribution in [2.75, 3.05) is 11.9 Å². The minimum atomic E-state index is -0.193. The topological polar surface area (TPSA) is 53.5 Å². The molecule has 0 unspecified atom stereocenters. The fourth-order valence-corrected chi connectivity index (χ4v) is 2.24. The monoisotopic (exact) mass is 359 g/mol. The van der Waals surface area contributed by atoms with Crippen LogP contribution in [0.25, 0.3) is 0 Å². The summed E-state index contributed by atoms with van der Waals surface area (Å²) in [5, 5.41) is 6.99. The lowest BCUT2D eigenvalue weighted by Crippen LogP contribution is -2.25. The predicted molar refractivity (Wildman–Crippen MR) is 94.2 cm³/mol. The third-order valence-electron chi connectivity index (χ3n) is 3.07. The number of rotatable bonds is 6. The van der Waals surface area contributed by atoms with Gasteiger partial charge in [-0.15, -0.1) is 0 Å². The lowest BCUT2D eigenvalue weighted by atomic mass is 10.1. The van der Waals surface area contributed by atoms with Crippen LogP contribution in [-0.4, -0.2) is 18.7 Å². The Balaban J connectivity index is 1.78. The van der Waals surface area contributed by atoms with Crippen molar-refractivity contribution in [3.8, 4) is 0 Å². The van der Waals surface area contributed by atoms with E-state index in [1.165, 1.54) is 5.56 Å². The van der Waals surface area contributed by atoms with E-state index in [1.54, 1.807) is 6.21 Å². The molecule has 0 aromatic heterocycles. The van der Waals surface area contributed by atoms with Crippen LogP contribution in [0.15, 0.2) is 58.1 Å². The number of nitrogens with zero attached hydrogens (tertiary/aromatic N) is 1. The van der Waals surface area contributed by atoms with Gasteiger partial charge in [-0.05, 0) is 35.7 Å². The van der Waals surface area contributed by atoms with E-state index in [4.69, 9.17) is 0 Å². The molecule has 0 spiro atoms. The highest BCUT2D eigenvalue weighted by atomic mass is 79.9. The number of amides is 1. The zero-order valence-electron chi connectivity index (χ0n) is 12.3. The summed E-state index contributed by atoms with van der Waals surface area (Å²) in [7, 11) is 0. The molecule has 0 heterocycles. The molecule has 0 saturated carbocycles. The molecule has 0 atom stereocenters. The van der Waals surface area contributed by atoms with Gasteiger partial charge in [0.1, 0.15) is 0 Å². The smallest absolute Gasteiger partial charge is 0.259 e.